The first-order chi connectivity index (χ1) is 11.5. The van der Waals surface area contributed by atoms with E-state index in [0.29, 0.717) is 16.4 Å². The zero-order chi connectivity index (χ0) is 17.3. The molecule has 0 aliphatic carbocycles. The molecule has 1 amide bonds. The molecular weight excluding hydrogens is 324 g/mol. The third-order valence-corrected chi connectivity index (χ3v) is 4.29. The number of hydrogen-bond donors (Lipinski definition) is 1. The Bertz CT molecular complexity index is 900. The zero-order valence-electron chi connectivity index (χ0n) is 13.7. The van der Waals surface area contributed by atoms with Crippen molar-refractivity contribution in [2.75, 3.05) is 5.32 Å². The normalized spacial score (nSPS) is 10.7. The molecule has 0 aliphatic heterocycles. The summed E-state index contributed by atoms with van der Waals surface area (Å²) >= 11 is 5.90. The molecule has 0 radical (unpaired) electrons. The van der Waals surface area contributed by atoms with E-state index in [9.17, 15) is 4.79 Å². The second kappa shape index (κ2) is 6.45. The molecule has 0 aliphatic rings. The van der Waals surface area contributed by atoms with E-state index in [1.54, 1.807) is 16.8 Å². The van der Waals surface area contributed by atoms with Gasteiger partial charge >= 0.3 is 0 Å². The van der Waals surface area contributed by atoms with Crippen LogP contribution in [-0.4, -0.2) is 20.9 Å². The summed E-state index contributed by atoms with van der Waals surface area (Å²) in [5, 5.41) is 11.7. The molecule has 0 spiro atoms. The maximum absolute atomic E-state index is 12.5. The molecule has 1 aromatic heterocycles. The van der Waals surface area contributed by atoms with E-state index in [-0.39, 0.29) is 5.91 Å². The van der Waals surface area contributed by atoms with Crippen molar-refractivity contribution in [1.82, 2.24) is 15.0 Å². The Kier molecular flexibility index (Phi) is 4.36. The van der Waals surface area contributed by atoms with E-state index in [2.05, 4.69) is 15.6 Å². The lowest BCUT2D eigenvalue weighted by Crippen LogP contribution is -2.15. The first-order valence-corrected chi connectivity index (χ1v) is 7.91. The summed E-state index contributed by atoms with van der Waals surface area (Å²) < 4.78 is 1.62. The molecule has 3 rings (SSSR count). The van der Waals surface area contributed by atoms with Gasteiger partial charge in [-0.3, -0.25) is 4.79 Å². The topological polar surface area (TPSA) is 59.8 Å². The quantitative estimate of drug-likeness (QED) is 0.781. The fraction of sp³-hybridized carbons (Fsp3) is 0.167. The molecule has 24 heavy (non-hydrogen) atoms. The highest BCUT2D eigenvalue weighted by Gasteiger charge is 2.18. The summed E-state index contributed by atoms with van der Waals surface area (Å²) in [4.78, 5) is 12.5. The number of carbonyl (C=O) groups is 1. The Hall–Kier alpha value is -2.66. The number of aromatic nitrogens is 3. The minimum absolute atomic E-state index is 0.276. The van der Waals surface area contributed by atoms with Crippen LogP contribution in [0.3, 0.4) is 0 Å². The Morgan fingerprint density at radius 2 is 1.79 bits per heavy atom. The SMILES string of the molecule is Cc1cccc(NC(=O)c2nnn(-c3ccc(Cl)cc3)c2C)c1C. The van der Waals surface area contributed by atoms with E-state index in [0.717, 1.165) is 22.5 Å². The van der Waals surface area contributed by atoms with Gasteiger partial charge in [-0.05, 0) is 62.2 Å². The Balaban J connectivity index is 1.89. The van der Waals surface area contributed by atoms with Crippen LogP contribution in [0.2, 0.25) is 5.02 Å². The second-order valence-electron chi connectivity index (χ2n) is 5.61. The van der Waals surface area contributed by atoms with E-state index >= 15 is 0 Å². The highest BCUT2D eigenvalue weighted by atomic mass is 35.5. The van der Waals surface area contributed by atoms with Gasteiger partial charge in [0.2, 0.25) is 0 Å². The predicted octanol–water partition coefficient (Wildman–Crippen LogP) is 4.10. The fourth-order valence-corrected chi connectivity index (χ4v) is 2.56. The number of nitrogens with one attached hydrogen (secondary N) is 1. The summed E-state index contributed by atoms with van der Waals surface area (Å²) in [6.45, 7) is 5.79. The van der Waals surface area contributed by atoms with Crippen LogP contribution in [0.25, 0.3) is 5.69 Å². The summed E-state index contributed by atoms with van der Waals surface area (Å²) in [5.41, 5.74) is 4.70. The number of benzene rings is 2. The number of amides is 1. The van der Waals surface area contributed by atoms with E-state index < -0.39 is 0 Å². The molecular formula is C18H17ClN4O. The van der Waals surface area contributed by atoms with Gasteiger partial charge in [-0.25, -0.2) is 4.68 Å². The van der Waals surface area contributed by atoms with Crippen molar-refractivity contribution in [3.05, 3.63) is 70.0 Å². The van der Waals surface area contributed by atoms with Crippen molar-refractivity contribution >= 4 is 23.2 Å². The second-order valence-corrected chi connectivity index (χ2v) is 6.05. The molecule has 0 bridgehead atoms. The van der Waals surface area contributed by atoms with Crippen molar-refractivity contribution in [2.45, 2.75) is 20.8 Å². The van der Waals surface area contributed by atoms with Crippen LogP contribution in [0.4, 0.5) is 5.69 Å². The molecule has 5 nitrogen and oxygen atoms in total. The third kappa shape index (κ3) is 3.03. The van der Waals surface area contributed by atoms with Crippen LogP contribution in [0, 0.1) is 20.8 Å². The minimum atomic E-state index is -0.276. The predicted molar refractivity (Wildman–Crippen MR) is 95.0 cm³/mol. The first kappa shape index (κ1) is 16.2. The third-order valence-electron chi connectivity index (χ3n) is 4.03. The monoisotopic (exact) mass is 340 g/mol. The standard InChI is InChI=1S/C18H17ClN4O/c1-11-5-4-6-16(12(11)2)20-18(24)17-13(3)23(22-21-17)15-9-7-14(19)8-10-15/h4-10H,1-3H3,(H,20,24). The van der Waals surface area contributed by atoms with E-state index in [1.165, 1.54) is 0 Å². The molecule has 3 aromatic rings. The van der Waals surface area contributed by atoms with Crippen LogP contribution in [0.5, 0.6) is 0 Å². The lowest BCUT2D eigenvalue weighted by atomic mass is 10.1. The lowest BCUT2D eigenvalue weighted by Gasteiger charge is -2.09. The number of anilines is 1. The number of hydrogen-bond acceptors (Lipinski definition) is 3. The molecule has 0 atom stereocenters. The largest absolute Gasteiger partial charge is 0.320 e. The molecule has 2 aromatic carbocycles. The molecule has 6 heteroatoms. The van der Waals surface area contributed by atoms with E-state index in [4.69, 9.17) is 11.6 Å². The van der Waals surface area contributed by atoms with Crippen molar-refractivity contribution in [3.8, 4) is 5.69 Å². The maximum Gasteiger partial charge on any atom is 0.278 e. The van der Waals surface area contributed by atoms with Crippen LogP contribution in [-0.2, 0) is 0 Å². The number of aryl methyl sites for hydroxylation is 1. The Morgan fingerprint density at radius 3 is 2.50 bits per heavy atom. The fourth-order valence-electron chi connectivity index (χ4n) is 2.43. The van der Waals surface area contributed by atoms with Gasteiger partial charge in [0.15, 0.2) is 5.69 Å². The lowest BCUT2D eigenvalue weighted by molar-refractivity contribution is 0.102. The van der Waals surface area contributed by atoms with Gasteiger partial charge < -0.3 is 5.32 Å². The van der Waals surface area contributed by atoms with Crippen LogP contribution >= 0.6 is 11.6 Å². The molecule has 1 heterocycles. The van der Waals surface area contributed by atoms with Gasteiger partial charge in [0.05, 0.1) is 11.4 Å². The molecule has 0 saturated carbocycles. The van der Waals surface area contributed by atoms with Gasteiger partial charge in [0.25, 0.3) is 5.91 Å². The zero-order valence-corrected chi connectivity index (χ0v) is 14.4. The molecule has 122 valence electrons. The molecule has 1 N–H and O–H groups in total. The summed E-state index contributed by atoms with van der Waals surface area (Å²) in [6, 6.07) is 13.0. The Labute approximate surface area is 145 Å². The molecule has 0 unspecified atom stereocenters. The molecule has 0 saturated heterocycles. The van der Waals surface area contributed by atoms with Gasteiger partial charge in [0, 0.05) is 10.7 Å². The average Bonchev–Trinajstić information content (AvgIpc) is 2.94. The van der Waals surface area contributed by atoms with E-state index in [1.807, 2.05) is 51.1 Å². The highest BCUT2D eigenvalue weighted by molar-refractivity contribution is 6.30. The average molecular weight is 341 g/mol. The summed E-state index contributed by atoms with van der Waals surface area (Å²) in [6.07, 6.45) is 0. The maximum atomic E-state index is 12.5. The highest BCUT2D eigenvalue weighted by Crippen LogP contribution is 2.20. The van der Waals surface area contributed by atoms with Crippen molar-refractivity contribution in [3.63, 3.8) is 0 Å². The number of nitrogens with zero attached hydrogens (tertiary/aromatic N) is 3. The van der Waals surface area contributed by atoms with Crippen molar-refractivity contribution < 1.29 is 4.79 Å². The number of carbonyl (C=O) groups excluding carboxylic acids is 1. The van der Waals surface area contributed by atoms with Gasteiger partial charge in [-0.1, -0.05) is 28.9 Å². The smallest absolute Gasteiger partial charge is 0.278 e. The summed E-state index contributed by atoms with van der Waals surface area (Å²) in [5.74, 6) is -0.276. The number of rotatable bonds is 3. The first-order valence-electron chi connectivity index (χ1n) is 7.53. The minimum Gasteiger partial charge on any atom is -0.320 e. The number of halogens is 1. The van der Waals surface area contributed by atoms with Crippen LogP contribution in [0.1, 0.15) is 27.3 Å². The van der Waals surface area contributed by atoms with Gasteiger partial charge in [0.1, 0.15) is 0 Å². The van der Waals surface area contributed by atoms with Crippen LogP contribution in [0.15, 0.2) is 42.5 Å². The van der Waals surface area contributed by atoms with Gasteiger partial charge in [-0.15, -0.1) is 5.10 Å². The summed E-state index contributed by atoms with van der Waals surface area (Å²) in [7, 11) is 0. The van der Waals surface area contributed by atoms with Gasteiger partial charge in [-0.2, -0.15) is 0 Å². The van der Waals surface area contributed by atoms with Crippen LogP contribution < -0.4 is 5.32 Å². The van der Waals surface area contributed by atoms with Crippen molar-refractivity contribution in [1.29, 1.82) is 0 Å². The Morgan fingerprint density at radius 1 is 1.08 bits per heavy atom. The van der Waals surface area contributed by atoms with Crippen molar-refractivity contribution in [2.24, 2.45) is 0 Å². The molecule has 0 fully saturated rings.